The fourth-order valence-electron chi connectivity index (χ4n) is 4.11. The maximum Gasteiger partial charge on any atom is 0.192 e. The summed E-state index contributed by atoms with van der Waals surface area (Å²) in [6, 6.07) is 12.4. The van der Waals surface area contributed by atoms with Gasteiger partial charge >= 0.3 is 0 Å². The van der Waals surface area contributed by atoms with E-state index in [1.807, 2.05) is 18.2 Å². The molecule has 1 heterocycles. The molecule has 0 radical (unpaired) electrons. The number of aromatic amines is 1. The molecule has 0 bridgehead atoms. The predicted molar refractivity (Wildman–Crippen MR) is 137 cm³/mol. The summed E-state index contributed by atoms with van der Waals surface area (Å²) in [6.45, 7) is 1.59. The maximum atomic E-state index is 13.9. The molecule has 3 aromatic carbocycles. The van der Waals surface area contributed by atoms with Crippen LogP contribution in [0.2, 0.25) is 0 Å². The number of nitrogens with zero attached hydrogens (tertiary/aromatic N) is 1. The van der Waals surface area contributed by atoms with Crippen LogP contribution in [0.25, 0.3) is 15.5 Å². The topological polar surface area (TPSA) is 99.3 Å². The van der Waals surface area contributed by atoms with Crippen LogP contribution in [0.5, 0.6) is 23.0 Å². The Hall–Kier alpha value is -4.05. The molecule has 0 saturated carbocycles. The molecule has 0 amide bonds. The predicted octanol–water partition coefficient (Wildman–Crippen LogP) is 5.12. The molecule has 0 unspecified atom stereocenters. The van der Waals surface area contributed by atoms with Crippen molar-refractivity contribution in [2.24, 2.45) is 0 Å². The Morgan fingerprint density at radius 2 is 1.46 bits per heavy atom. The molecule has 0 aliphatic rings. The van der Waals surface area contributed by atoms with E-state index in [0.717, 1.165) is 22.5 Å². The van der Waals surface area contributed by atoms with Crippen molar-refractivity contribution < 1.29 is 36.7 Å². The second-order valence-electron chi connectivity index (χ2n) is 8.24. The lowest BCUT2D eigenvalue weighted by Crippen LogP contribution is -2.12. The largest absolute Gasteiger partial charge is 0.572 e. The minimum Gasteiger partial charge on any atom is -0.572 e. The van der Waals surface area contributed by atoms with E-state index in [0.29, 0.717) is 34.1 Å². The highest BCUT2D eigenvalue weighted by molar-refractivity contribution is 7.94. The van der Waals surface area contributed by atoms with E-state index < -0.39 is 15.8 Å². The van der Waals surface area contributed by atoms with Crippen LogP contribution in [0.1, 0.15) is 16.8 Å². The fourth-order valence-corrected chi connectivity index (χ4v) is 5.37. The van der Waals surface area contributed by atoms with Gasteiger partial charge < -0.3 is 23.7 Å². The number of ether oxygens (including phenoxy) is 4. The SMILES string of the molecule is COc1cc(Cc2[nH+]ccc3cc(OC)c(OC)cc23)c([N-]S(=O)(=O)c2cc(F)ccc2C)cc1OC. The first kappa shape index (κ1) is 26.0. The average Bonchev–Trinajstić information content (AvgIpc) is 2.89. The van der Waals surface area contributed by atoms with Crippen LogP contribution in [0.3, 0.4) is 0 Å². The lowest BCUT2D eigenvalue weighted by molar-refractivity contribution is -0.387. The third-order valence-electron chi connectivity index (χ3n) is 6.00. The van der Waals surface area contributed by atoms with Crippen molar-refractivity contribution in [1.29, 1.82) is 0 Å². The third-order valence-corrected chi connectivity index (χ3v) is 7.43. The number of aromatic nitrogens is 1. The maximum absolute atomic E-state index is 13.9. The standard InChI is InChI=1S/C27H26FN2O6S/c1-16-6-7-19(28)13-27(16)37(31,32)30-21-15-26(36-5)24(34-3)12-18(21)10-22-20-14-25(35-4)23(33-2)11-17(20)8-9-29-22/h6-9,11-15H,10H2,1-5H3/q-1/p+1. The quantitative estimate of drug-likeness (QED) is 0.300. The van der Waals surface area contributed by atoms with Crippen molar-refractivity contribution in [2.75, 3.05) is 28.4 Å². The van der Waals surface area contributed by atoms with Crippen molar-refractivity contribution in [3.8, 4) is 23.0 Å². The van der Waals surface area contributed by atoms with Crippen LogP contribution >= 0.6 is 0 Å². The number of aryl methyl sites for hydroxylation is 1. The van der Waals surface area contributed by atoms with Gasteiger partial charge in [-0.3, -0.25) is 0 Å². The van der Waals surface area contributed by atoms with Gasteiger partial charge in [-0.25, -0.2) is 17.8 Å². The normalized spacial score (nSPS) is 11.3. The van der Waals surface area contributed by atoms with Gasteiger partial charge in [-0.15, -0.1) is 5.69 Å². The Labute approximate surface area is 215 Å². The number of methoxy groups -OCH3 is 4. The van der Waals surface area contributed by atoms with Crippen molar-refractivity contribution in [1.82, 2.24) is 0 Å². The van der Waals surface area contributed by atoms with E-state index >= 15 is 0 Å². The molecular formula is C27H27FN2O6S. The molecule has 37 heavy (non-hydrogen) atoms. The first-order valence-electron chi connectivity index (χ1n) is 11.2. The van der Waals surface area contributed by atoms with E-state index in [2.05, 4.69) is 9.71 Å². The third kappa shape index (κ3) is 5.24. The highest BCUT2D eigenvalue weighted by Gasteiger charge is 2.18. The summed E-state index contributed by atoms with van der Waals surface area (Å²) >= 11 is 0. The summed E-state index contributed by atoms with van der Waals surface area (Å²) in [5.74, 6) is 1.20. The molecule has 0 saturated heterocycles. The molecule has 1 N–H and O–H groups in total. The second-order valence-corrected chi connectivity index (χ2v) is 9.81. The molecule has 0 fully saturated rings. The summed E-state index contributed by atoms with van der Waals surface area (Å²) in [7, 11) is 1.82. The molecule has 4 rings (SSSR count). The van der Waals surface area contributed by atoms with Crippen LogP contribution in [-0.4, -0.2) is 36.9 Å². The zero-order chi connectivity index (χ0) is 26.7. The number of hydrogen-bond acceptors (Lipinski definition) is 6. The molecule has 194 valence electrons. The van der Waals surface area contributed by atoms with Gasteiger partial charge in [0.15, 0.2) is 34.9 Å². The summed E-state index contributed by atoms with van der Waals surface area (Å²) in [5.41, 5.74) is 1.86. The van der Waals surface area contributed by atoms with Crippen molar-refractivity contribution in [3.63, 3.8) is 0 Å². The van der Waals surface area contributed by atoms with Crippen LogP contribution in [0.15, 0.2) is 59.6 Å². The van der Waals surface area contributed by atoms with Gasteiger partial charge in [0, 0.05) is 6.07 Å². The molecule has 10 heteroatoms. The summed E-state index contributed by atoms with van der Waals surface area (Å²) in [6.07, 6.45) is 2.05. The van der Waals surface area contributed by atoms with Crippen molar-refractivity contribution in [2.45, 2.75) is 18.2 Å². The average molecular weight is 527 g/mol. The molecule has 1 aromatic heterocycles. The highest BCUT2D eigenvalue weighted by Crippen LogP contribution is 2.41. The number of nitrogens with one attached hydrogen (secondary N) is 1. The van der Waals surface area contributed by atoms with E-state index in [1.54, 1.807) is 33.4 Å². The number of H-pyrrole nitrogens is 1. The Bertz CT molecular complexity index is 1570. The minimum absolute atomic E-state index is 0.146. The summed E-state index contributed by atoms with van der Waals surface area (Å²) in [5, 5.41) is 1.75. The Morgan fingerprint density at radius 3 is 2.14 bits per heavy atom. The van der Waals surface area contributed by atoms with E-state index in [1.165, 1.54) is 32.4 Å². The van der Waals surface area contributed by atoms with Gasteiger partial charge in [-0.1, -0.05) is 6.07 Å². The molecular weight excluding hydrogens is 499 g/mol. The molecule has 0 spiro atoms. The van der Waals surface area contributed by atoms with Crippen molar-refractivity contribution in [3.05, 3.63) is 82.1 Å². The van der Waals surface area contributed by atoms with Gasteiger partial charge in [0.25, 0.3) is 0 Å². The minimum atomic E-state index is -4.25. The number of halogens is 1. The number of fused-ring (bicyclic) bond motifs is 1. The smallest absolute Gasteiger partial charge is 0.192 e. The van der Waals surface area contributed by atoms with Gasteiger partial charge in [0.1, 0.15) is 15.8 Å². The number of pyridine rings is 1. The van der Waals surface area contributed by atoms with Crippen LogP contribution in [0, 0.1) is 12.7 Å². The van der Waals surface area contributed by atoms with Crippen LogP contribution < -0.4 is 23.9 Å². The summed E-state index contributed by atoms with van der Waals surface area (Å²) in [4.78, 5) is 3.04. The fraction of sp³-hybridized carbons (Fsp3) is 0.222. The van der Waals surface area contributed by atoms with E-state index in [9.17, 15) is 12.8 Å². The van der Waals surface area contributed by atoms with Gasteiger partial charge in [-0.05, 0) is 59.8 Å². The molecule has 4 aromatic rings. The van der Waals surface area contributed by atoms with Crippen molar-refractivity contribution >= 4 is 26.5 Å². The Balaban J connectivity index is 1.85. The first-order chi connectivity index (χ1) is 17.7. The molecule has 0 atom stereocenters. The molecule has 0 aliphatic carbocycles. The lowest BCUT2D eigenvalue weighted by Gasteiger charge is -2.27. The zero-order valence-corrected chi connectivity index (χ0v) is 21.9. The van der Waals surface area contributed by atoms with Gasteiger partial charge in [0.2, 0.25) is 0 Å². The molecule has 8 nitrogen and oxygen atoms in total. The monoisotopic (exact) mass is 526 g/mol. The number of sulfonamides is 1. The highest BCUT2D eigenvalue weighted by atomic mass is 32.2. The lowest BCUT2D eigenvalue weighted by atomic mass is 10.0. The van der Waals surface area contributed by atoms with E-state index in [4.69, 9.17) is 18.9 Å². The summed E-state index contributed by atoms with van der Waals surface area (Å²) < 4.78 is 66.3. The first-order valence-corrected chi connectivity index (χ1v) is 12.7. The van der Waals surface area contributed by atoms with Gasteiger partial charge in [-0.2, -0.15) is 0 Å². The van der Waals surface area contributed by atoms with Crippen LogP contribution in [0.4, 0.5) is 10.1 Å². The van der Waals surface area contributed by atoms with Crippen LogP contribution in [-0.2, 0) is 16.4 Å². The number of hydrogen-bond donors (Lipinski definition) is 0. The number of rotatable bonds is 9. The number of benzene rings is 3. The van der Waals surface area contributed by atoms with Gasteiger partial charge in [0.05, 0.1) is 45.1 Å². The van der Waals surface area contributed by atoms with E-state index in [-0.39, 0.29) is 17.0 Å². The Kier molecular flexibility index (Phi) is 7.40. The Morgan fingerprint density at radius 1 is 0.838 bits per heavy atom. The zero-order valence-electron chi connectivity index (χ0n) is 21.1. The molecule has 0 aliphatic heterocycles. The second kappa shape index (κ2) is 10.5.